The quantitative estimate of drug-likeness (QED) is 0.437. The molecule has 0 atom stereocenters. The Morgan fingerprint density at radius 1 is 1.55 bits per heavy atom. The fourth-order valence-corrected chi connectivity index (χ4v) is 1.91. The van der Waals surface area contributed by atoms with Crippen LogP contribution < -0.4 is 0 Å². The first-order valence-corrected chi connectivity index (χ1v) is 5.25. The van der Waals surface area contributed by atoms with Gasteiger partial charge in [0, 0.05) is 41.1 Å². The average Bonchev–Trinajstić information content (AvgIpc) is 1.93. The fourth-order valence-electron chi connectivity index (χ4n) is 1.24. The summed E-state index contributed by atoms with van der Waals surface area (Å²) < 4.78 is 0.218. The number of likely N-dealkylation sites (tertiary alicyclic amines) is 1. The maximum Gasteiger partial charge on any atom is 0.206 e. The molecule has 2 nitrogen and oxygen atoms in total. The standard InChI is InChI=1S/C7H11ClINO/c8-6-1-3-10(4-2-6)5-7(9)11/h6H,1-5H2. The first kappa shape index (κ1) is 9.74. The van der Waals surface area contributed by atoms with Crippen LogP contribution in [0.4, 0.5) is 0 Å². The summed E-state index contributed by atoms with van der Waals surface area (Å²) in [5.74, 6) is 0. The van der Waals surface area contributed by atoms with E-state index in [9.17, 15) is 4.79 Å². The number of rotatable bonds is 2. The van der Waals surface area contributed by atoms with E-state index in [1.165, 1.54) is 0 Å². The minimum absolute atomic E-state index is 0.218. The summed E-state index contributed by atoms with van der Waals surface area (Å²) in [6, 6.07) is 0. The van der Waals surface area contributed by atoms with Gasteiger partial charge < -0.3 is 0 Å². The normalized spacial score (nSPS) is 22.0. The van der Waals surface area contributed by atoms with E-state index in [1.807, 2.05) is 22.6 Å². The van der Waals surface area contributed by atoms with E-state index in [1.54, 1.807) is 0 Å². The molecule has 0 bridgehead atoms. The zero-order valence-electron chi connectivity index (χ0n) is 6.22. The van der Waals surface area contributed by atoms with Crippen molar-refractivity contribution in [3.8, 4) is 0 Å². The minimum Gasteiger partial charge on any atom is -0.295 e. The largest absolute Gasteiger partial charge is 0.295 e. The first-order chi connectivity index (χ1) is 5.18. The van der Waals surface area contributed by atoms with Crippen LogP contribution in [-0.4, -0.2) is 33.7 Å². The molecule has 1 rings (SSSR count). The van der Waals surface area contributed by atoms with Gasteiger partial charge in [-0.05, 0) is 12.8 Å². The van der Waals surface area contributed by atoms with Crippen LogP contribution in [0.25, 0.3) is 0 Å². The first-order valence-electron chi connectivity index (χ1n) is 3.73. The number of hydrogen-bond acceptors (Lipinski definition) is 2. The summed E-state index contributed by atoms with van der Waals surface area (Å²) in [5, 5.41) is 0.329. The SMILES string of the molecule is O=C(I)CN1CCC(Cl)CC1. The molecule has 0 aliphatic carbocycles. The molecule has 0 spiro atoms. The number of nitrogens with zero attached hydrogens (tertiary/aromatic N) is 1. The van der Waals surface area contributed by atoms with Gasteiger partial charge in [-0.1, -0.05) is 0 Å². The Bertz CT molecular complexity index is 145. The van der Waals surface area contributed by atoms with Crippen molar-refractivity contribution in [3.05, 3.63) is 0 Å². The van der Waals surface area contributed by atoms with Gasteiger partial charge in [-0.15, -0.1) is 11.6 Å². The highest BCUT2D eigenvalue weighted by Crippen LogP contribution is 2.15. The number of piperidine rings is 1. The summed E-state index contributed by atoms with van der Waals surface area (Å²) >= 11 is 7.74. The van der Waals surface area contributed by atoms with Crippen molar-refractivity contribution in [2.75, 3.05) is 19.6 Å². The molecular formula is C7H11ClINO. The Morgan fingerprint density at radius 3 is 2.55 bits per heavy atom. The van der Waals surface area contributed by atoms with Crippen molar-refractivity contribution in [2.24, 2.45) is 0 Å². The van der Waals surface area contributed by atoms with Crippen molar-refractivity contribution in [3.63, 3.8) is 0 Å². The predicted molar refractivity (Wildman–Crippen MR) is 54.3 cm³/mol. The van der Waals surface area contributed by atoms with Crippen molar-refractivity contribution < 1.29 is 4.79 Å². The molecule has 1 aliphatic heterocycles. The zero-order chi connectivity index (χ0) is 8.27. The van der Waals surface area contributed by atoms with Gasteiger partial charge in [-0.3, -0.25) is 9.69 Å². The molecule has 4 heteroatoms. The zero-order valence-corrected chi connectivity index (χ0v) is 9.14. The molecule has 0 amide bonds. The van der Waals surface area contributed by atoms with Crippen LogP contribution in [0.15, 0.2) is 0 Å². The van der Waals surface area contributed by atoms with E-state index in [0.29, 0.717) is 11.9 Å². The van der Waals surface area contributed by atoms with Gasteiger partial charge in [-0.25, -0.2) is 0 Å². The molecule has 64 valence electrons. The van der Waals surface area contributed by atoms with E-state index in [2.05, 4.69) is 4.90 Å². The van der Waals surface area contributed by atoms with Gasteiger partial charge in [0.15, 0.2) is 0 Å². The van der Waals surface area contributed by atoms with E-state index in [-0.39, 0.29) is 3.79 Å². The fraction of sp³-hybridized carbons (Fsp3) is 0.857. The molecule has 0 N–H and O–H groups in total. The summed E-state index contributed by atoms with van der Waals surface area (Å²) in [4.78, 5) is 12.9. The Hall–Kier alpha value is 0.650. The second-order valence-corrected chi connectivity index (χ2v) is 4.63. The summed E-state index contributed by atoms with van der Waals surface area (Å²) in [7, 11) is 0. The van der Waals surface area contributed by atoms with E-state index in [0.717, 1.165) is 25.9 Å². The highest BCUT2D eigenvalue weighted by molar-refractivity contribution is 14.1. The predicted octanol–water partition coefficient (Wildman–Crippen LogP) is 1.65. The van der Waals surface area contributed by atoms with Gasteiger partial charge in [0.05, 0.1) is 6.54 Å². The summed E-state index contributed by atoms with van der Waals surface area (Å²) in [5.41, 5.74) is 0. The maximum atomic E-state index is 10.7. The molecule has 11 heavy (non-hydrogen) atoms. The smallest absolute Gasteiger partial charge is 0.206 e. The summed E-state index contributed by atoms with van der Waals surface area (Å²) in [6.07, 6.45) is 2.04. The molecular weight excluding hydrogens is 276 g/mol. The molecule has 0 saturated carbocycles. The molecule has 0 aromatic rings. The van der Waals surface area contributed by atoms with Gasteiger partial charge in [0.1, 0.15) is 0 Å². The van der Waals surface area contributed by atoms with Crippen LogP contribution in [0.5, 0.6) is 0 Å². The van der Waals surface area contributed by atoms with Gasteiger partial charge in [0.25, 0.3) is 0 Å². The molecule has 0 unspecified atom stereocenters. The lowest BCUT2D eigenvalue weighted by Gasteiger charge is -2.27. The Kier molecular flexibility index (Phi) is 4.09. The molecule has 1 aliphatic rings. The average molecular weight is 288 g/mol. The van der Waals surface area contributed by atoms with Crippen molar-refractivity contribution in [1.29, 1.82) is 0 Å². The third kappa shape index (κ3) is 3.71. The highest BCUT2D eigenvalue weighted by Gasteiger charge is 2.17. The Labute approximate surface area is 85.4 Å². The third-order valence-corrected chi connectivity index (χ3v) is 2.64. The number of carbonyl (C=O) groups excluding carboxylic acids is 1. The van der Waals surface area contributed by atoms with Crippen LogP contribution in [0.2, 0.25) is 0 Å². The van der Waals surface area contributed by atoms with Crippen LogP contribution in [-0.2, 0) is 4.79 Å². The van der Waals surface area contributed by atoms with Crippen molar-refractivity contribution in [1.82, 2.24) is 4.90 Å². The van der Waals surface area contributed by atoms with Crippen LogP contribution in [0.3, 0.4) is 0 Å². The van der Waals surface area contributed by atoms with Gasteiger partial charge in [-0.2, -0.15) is 0 Å². The van der Waals surface area contributed by atoms with Gasteiger partial charge in [0.2, 0.25) is 3.79 Å². The Balaban J connectivity index is 2.22. The summed E-state index contributed by atoms with van der Waals surface area (Å²) in [6.45, 7) is 2.54. The maximum absolute atomic E-state index is 10.7. The molecule has 0 radical (unpaired) electrons. The second kappa shape index (κ2) is 4.62. The Morgan fingerprint density at radius 2 is 2.09 bits per heavy atom. The molecule has 1 heterocycles. The molecule has 1 saturated heterocycles. The van der Waals surface area contributed by atoms with E-state index < -0.39 is 0 Å². The second-order valence-electron chi connectivity index (χ2n) is 2.81. The number of hydrogen-bond donors (Lipinski definition) is 0. The van der Waals surface area contributed by atoms with Crippen LogP contribution in [0.1, 0.15) is 12.8 Å². The van der Waals surface area contributed by atoms with Gasteiger partial charge >= 0.3 is 0 Å². The molecule has 0 aromatic heterocycles. The number of alkyl halides is 1. The number of carbonyl (C=O) groups is 1. The van der Waals surface area contributed by atoms with Crippen LogP contribution in [0, 0.1) is 0 Å². The highest BCUT2D eigenvalue weighted by atomic mass is 127. The van der Waals surface area contributed by atoms with Crippen LogP contribution >= 0.6 is 34.2 Å². The van der Waals surface area contributed by atoms with Crippen molar-refractivity contribution >= 4 is 38.0 Å². The topological polar surface area (TPSA) is 20.3 Å². The lowest BCUT2D eigenvalue weighted by molar-refractivity contribution is -0.110. The number of halogens is 2. The van der Waals surface area contributed by atoms with Crippen molar-refractivity contribution in [2.45, 2.75) is 18.2 Å². The monoisotopic (exact) mass is 287 g/mol. The lowest BCUT2D eigenvalue weighted by atomic mass is 10.1. The third-order valence-electron chi connectivity index (χ3n) is 1.87. The van der Waals surface area contributed by atoms with E-state index >= 15 is 0 Å². The molecule has 0 aromatic carbocycles. The minimum atomic E-state index is 0.218. The molecule has 1 fully saturated rings. The van der Waals surface area contributed by atoms with E-state index in [4.69, 9.17) is 11.6 Å². The lowest BCUT2D eigenvalue weighted by Crippen LogP contribution is -2.36.